The molecule has 2 rings (SSSR count). The van der Waals surface area contributed by atoms with E-state index in [0.717, 1.165) is 0 Å². The molecule has 2 N–H and O–H groups in total. The lowest BCUT2D eigenvalue weighted by Crippen LogP contribution is -1.94. The lowest BCUT2D eigenvalue weighted by molar-refractivity contribution is 0.104. The fourth-order valence-corrected chi connectivity index (χ4v) is 1.94. The third-order valence-electron chi connectivity index (χ3n) is 2.85. The minimum atomic E-state index is -0.373. The largest absolute Gasteiger partial charge is 0.507 e. The summed E-state index contributed by atoms with van der Waals surface area (Å²) in [6.45, 7) is 0. The van der Waals surface area contributed by atoms with Gasteiger partial charge in [0.2, 0.25) is 0 Å². The maximum atomic E-state index is 12.0. The van der Waals surface area contributed by atoms with Crippen LogP contribution < -0.4 is 4.74 Å². The quantitative estimate of drug-likeness (QED) is 0.668. The molecule has 0 unspecified atom stereocenters. The van der Waals surface area contributed by atoms with Crippen molar-refractivity contribution >= 4 is 23.5 Å². The number of hydrogen-bond donors (Lipinski definition) is 2. The Labute approximate surface area is 126 Å². The van der Waals surface area contributed by atoms with Crippen LogP contribution in [0.4, 0.5) is 0 Å². The molecule has 0 bridgehead atoms. The molecule has 2 aromatic rings. The lowest BCUT2D eigenvalue weighted by atomic mass is 10.1. The Balaban J connectivity index is 2.24. The highest BCUT2D eigenvalue weighted by Gasteiger charge is 2.09. The Morgan fingerprint density at radius 3 is 2.57 bits per heavy atom. The van der Waals surface area contributed by atoms with Crippen LogP contribution in [0.2, 0.25) is 5.02 Å². The van der Waals surface area contributed by atoms with E-state index in [9.17, 15) is 15.0 Å². The van der Waals surface area contributed by atoms with Gasteiger partial charge < -0.3 is 14.9 Å². The highest BCUT2D eigenvalue weighted by molar-refractivity contribution is 6.31. The molecule has 21 heavy (non-hydrogen) atoms. The summed E-state index contributed by atoms with van der Waals surface area (Å²) in [5.74, 6) is -0.164. The molecule has 0 aromatic heterocycles. The Kier molecular flexibility index (Phi) is 4.50. The van der Waals surface area contributed by atoms with E-state index in [-0.39, 0.29) is 22.8 Å². The summed E-state index contributed by atoms with van der Waals surface area (Å²) in [6, 6.07) is 8.98. The predicted octanol–water partition coefficient (Wildman–Crippen LogP) is 3.66. The standard InChI is InChI=1S/C16H13ClO4/c1-21-16-8-10(3-6-15(16)20)2-5-13(18)12-9-11(17)4-7-14(12)19/h2-9,19-20H,1H3/b5-2+. The Hall–Kier alpha value is -2.46. The van der Waals surface area contributed by atoms with Crippen molar-refractivity contribution in [3.8, 4) is 17.2 Å². The second kappa shape index (κ2) is 6.33. The first kappa shape index (κ1) is 14.9. The van der Waals surface area contributed by atoms with E-state index in [1.807, 2.05) is 0 Å². The molecule has 0 aliphatic heterocycles. The van der Waals surface area contributed by atoms with Crippen LogP contribution in [0, 0.1) is 0 Å². The molecule has 0 radical (unpaired) electrons. The monoisotopic (exact) mass is 304 g/mol. The average molecular weight is 305 g/mol. The van der Waals surface area contributed by atoms with Crippen molar-refractivity contribution in [2.75, 3.05) is 7.11 Å². The van der Waals surface area contributed by atoms with Gasteiger partial charge in [-0.25, -0.2) is 0 Å². The van der Waals surface area contributed by atoms with Gasteiger partial charge in [0.15, 0.2) is 17.3 Å². The van der Waals surface area contributed by atoms with E-state index in [4.69, 9.17) is 16.3 Å². The number of carbonyl (C=O) groups excluding carboxylic acids is 1. The zero-order valence-electron chi connectivity index (χ0n) is 11.2. The number of phenols is 2. The first-order chi connectivity index (χ1) is 10.0. The molecule has 0 aliphatic carbocycles. The molecule has 0 saturated carbocycles. The minimum absolute atomic E-state index is 0.0217. The van der Waals surface area contributed by atoms with Crippen molar-refractivity contribution in [1.82, 2.24) is 0 Å². The van der Waals surface area contributed by atoms with Crippen LogP contribution in [0.3, 0.4) is 0 Å². The van der Waals surface area contributed by atoms with Crippen LogP contribution in [0.15, 0.2) is 42.5 Å². The third-order valence-corrected chi connectivity index (χ3v) is 3.09. The number of ether oxygens (including phenoxy) is 1. The third kappa shape index (κ3) is 3.55. The molecule has 108 valence electrons. The van der Waals surface area contributed by atoms with Crippen LogP contribution in [0.5, 0.6) is 17.2 Å². The maximum Gasteiger partial charge on any atom is 0.189 e. The zero-order chi connectivity index (χ0) is 15.4. The number of ketones is 1. The van der Waals surface area contributed by atoms with Crippen LogP contribution in [-0.2, 0) is 0 Å². The summed E-state index contributed by atoms with van der Waals surface area (Å²) < 4.78 is 4.99. The number of allylic oxidation sites excluding steroid dienone is 1. The molecule has 0 heterocycles. The zero-order valence-corrected chi connectivity index (χ0v) is 12.0. The minimum Gasteiger partial charge on any atom is -0.507 e. The smallest absolute Gasteiger partial charge is 0.189 e. The van der Waals surface area contributed by atoms with E-state index in [1.165, 1.54) is 37.5 Å². The summed E-state index contributed by atoms with van der Waals surface area (Å²) in [7, 11) is 1.44. The SMILES string of the molecule is COc1cc(/C=C/C(=O)c2cc(Cl)ccc2O)ccc1O. The fraction of sp³-hybridized carbons (Fsp3) is 0.0625. The molecule has 0 spiro atoms. The van der Waals surface area contributed by atoms with Gasteiger partial charge in [-0.1, -0.05) is 23.7 Å². The second-order valence-electron chi connectivity index (χ2n) is 4.29. The van der Waals surface area contributed by atoms with Gasteiger partial charge in [0.1, 0.15) is 5.75 Å². The molecule has 0 saturated heterocycles. The summed E-state index contributed by atoms with van der Waals surface area (Å²) >= 11 is 5.80. The van der Waals surface area contributed by atoms with E-state index >= 15 is 0 Å². The van der Waals surface area contributed by atoms with E-state index < -0.39 is 0 Å². The highest BCUT2D eigenvalue weighted by Crippen LogP contribution is 2.27. The summed E-state index contributed by atoms with van der Waals surface area (Å²) in [6.07, 6.45) is 2.88. The first-order valence-corrected chi connectivity index (χ1v) is 6.47. The van der Waals surface area contributed by atoms with Gasteiger partial charge in [-0.05, 0) is 42.0 Å². The number of benzene rings is 2. The molecule has 2 aromatic carbocycles. The number of aromatic hydroxyl groups is 2. The van der Waals surface area contributed by atoms with Gasteiger partial charge in [0.25, 0.3) is 0 Å². The van der Waals surface area contributed by atoms with Gasteiger partial charge in [0, 0.05) is 5.02 Å². The Morgan fingerprint density at radius 1 is 1.14 bits per heavy atom. The van der Waals surface area contributed by atoms with Gasteiger partial charge in [-0.3, -0.25) is 4.79 Å². The van der Waals surface area contributed by atoms with Crippen molar-refractivity contribution in [1.29, 1.82) is 0 Å². The van der Waals surface area contributed by atoms with E-state index in [2.05, 4.69) is 0 Å². The van der Waals surface area contributed by atoms with Crippen molar-refractivity contribution < 1.29 is 19.7 Å². The summed E-state index contributed by atoms with van der Waals surface area (Å²) in [5, 5.41) is 19.5. The number of rotatable bonds is 4. The number of hydrogen-bond acceptors (Lipinski definition) is 4. The topological polar surface area (TPSA) is 66.8 Å². The summed E-state index contributed by atoms with van der Waals surface area (Å²) in [4.78, 5) is 12.0. The number of phenolic OH excluding ortho intramolecular Hbond substituents is 2. The average Bonchev–Trinajstić information content (AvgIpc) is 2.48. The molecule has 0 amide bonds. The molecule has 0 atom stereocenters. The lowest BCUT2D eigenvalue weighted by Gasteiger charge is -2.04. The predicted molar refractivity (Wildman–Crippen MR) is 81.1 cm³/mol. The molecule has 0 aliphatic rings. The molecule has 4 nitrogen and oxygen atoms in total. The Bertz CT molecular complexity index is 707. The number of halogens is 1. The van der Waals surface area contributed by atoms with Crippen molar-refractivity contribution in [2.45, 2.75) is 0 Å². The second-order valence-corrected chi connectivity index (χ2v) is 4.73. The van der Waals surface area contributed by atoms with Gasteiger partial charge in [0.05, 0.1) is 12.7 Å². The van der Waals surface area contributed by atoms with Crippen LogP contribution >= 0.6 is 11.6 Å². The van der Waals surface area contributed by atoms with Gasteiger partial charge >= 0.3 is 0 Å². The highest BCUT2D eigenvalue weighted by atomic mass is 35.5. The van der Waals surface area contributed by atoms with E-state index in [1.54, 1.807) is 18.2 Å². The molecule has 5 heteroatoms. The maximum absolute atomic E-state index is 12.0. The van der Waals surface area contributed by atoms with Crippen LogP contribution in [-0.4, -0.2) is 23.1 Å². The number of carbonyl (C=O) groups is 1. The normalized spacial score (nSPS) is 10.8. The van der Waals surface area contributed by atoms with Gasteiger partial charge in [-0.15, -0.1) is 0 Å². The van der Waals surface area contributed by atoms with Crippen LogP contribution in [0.25, 0.3) is 6.08 Å². The fourth-order valence-electron chi connectivity index (χ4n) is 1.77. The van der Waals surface area contributed by atoms with Crippen molar-refractivity contribution in [2.24, 2.45) is 0 Å². The Morgan fingerprint density at radius 2 is 1.86 bits per heavy atom. The first-order valence-electron chi connectivity index (χ1n) is 6.09. The van der Waals surface area contributed by atoms with E-state index in [0.29, 0.717) is 16.3 Å². The summed E-state index contributed by atoms with van der Waals surface area (Å²) in [5.41, 5.74) is 0.809. The van der Waals surface area contributed by atoms with Crippen molar-refractivity contribution in [3.05, 3.63) is 58.6 Å². The van der Waals surface area contributed by atoms with Gasteiger partial charge in [-0.2, -0.15) is 0 Å². The molecule has 0 fully saturated rings. The van der Waals surface area contributed by atoms with Crippen LogP contribution in [0.1, 0.15) is 15.9 Å². The molecular weight excluding hydrogens is 292 g/mol. The molecular formula is C16H13ClO4. The van der Waals surface area contributed by atoms with Crippen molar-refractivity contribution in [3.63, 3.8) is 0 Å². The number of methoxy groups -OCH3 is 1.